The van der Waals surface area contributed by atoms with Crippen LogP contribution in [0.5, 0.6) is 0 Å². The van der Waals surface area contributed by atoms with Gasteiger partial charge in [0.1, 0.15) is 18.1 Å². The van der Waals surface area contributed by atoms with E-state index >= 15 is 0 Å². The summed E-state index contributed by atoms with van der Waals surface area (Å²) in [6, 6.07) is -5.12. The first-order valence-electron chi connectivity index (χ1n) is 11.1. The Balaban J connectivity index is 5.56. The van der Waals surface area contributed by atoms with Crippen LogP contribution < -0.4 is 27.4 Å². The maximum Gasteiger partial charge on any atom is 0.326 e. The van der Waals surface area contributed by atoms with Gasteiger partial charge in [-0.05, 0) is 24.7 Å². The van der Waals surface area contributed by atoms with Crippen LogP contribution in [0.2, 0.25) is 0 Å². The van der Waals surface area contributed by atoms with E-state index < -0.39 is 66.2 Å². The number of carboxylic acid groups (broad SMARTS) is 2. The van der Waals surface area contributed by atoms with E-state index in [0.717, 1.165) is 0 Å². The van der Waals surface area contributed by atoms with Gasteiger partial charge in [0.25, 0.3) is 0 Å². The molecule has 34 heavy (non-hydrogen) atoms. The molecule has 13 nitrogen and oxygen atoms in total. The molecule has 5 atom stereocenters. The van der Waals surface area contributed by atoms with Crippen molar-refractivity contribution in [3.8, 4) is 0 Å². The summed E-state index contributed by atoms with van der Waals surface area (Å²) in [6.45, 7) is 7.07. The fraction of sp³-hybridized carbons (Fsp3) is 0.714. The maximum absolute atomic E-state index is 12.8. The zero-order chi connectivity index (χ0) is 26.6. The van der Waals surface area contributed by atoms with Crippen molar-refractivity contribution in [3.05, 3.63) is 0 Å². The Hall–Kier alpha value is -3.22. The predicted octanol–water partition coefficient (Wildman–Crippen LogP) is -1.31. The van der Waals surface area contributed by atoms with E-state index in [9.17, 15) is 33.9 Å². The van der Waals surface area contributed by atoms with Gasteiger partial charge in [0, 0.05) is 6.42 Å². The number of carbonyl (C=O) groups is 6. The number of hydrogen-bond donors (Lipinski definition) is 7. The molecule has 0 aromatic heterocycles. The zero-order valence-corrected chi connectivity index (χ0v) is 20.0. The first kappa shape index (κ1) is 30.8. The highest BCUT2D eigenvalue weighted by Gasteiger charge is 2.32. The van der Waals surface area contributed by atoms with Gasteiger partial charge >= 0.3 is 11.9 Å². The second kappa shape index (κ2) is 14.8. The Morgan fingerprint density at radius 1 is 0.824 bits per heavy atom. The van der Waals surface area contributed by atoms with Crippen molar-refractivity contribution < 1.29 is 39.0 Å². The van der Waals surface area contributed by atoms with Crippen molar-refractivity contribution in [3.63, 3.8) is 0 Å². The Morgan fingerprint density at radius 3 is 1.76 bits per heavy atom. The summed E-state index contributed by atoms with van der Waals surface area (Å²) in [6.07, 6.45) is -0.593. The minimum Gasteiger partial charge on any atom is -0.481 e. The first-order chi connectivity index (χ1) is 15.7. The molecular weight excluding hydrogens is 450 g/mol. The van der Waals surface area contributed by atoms with Crippen molar-refractivity contribution in [2.75, 3.05) is 0 Å². The van der Waals surface area contributed by atoms with E-state index in [2.05, 4.69) is 16.0 Å². The highest BCUT2D eigenvalue weighted by atomic mass is 16.4. The minimum atomic E-state index is -1.51. The normalized spacial score (nSPS) is 15.4. The summed E-state index contributed by atoms with van der Waals surface area (Å²) in [5.41, 5.74) is 10.9. The second-order valence-electron chi connectivity index (χ2n) is 8.67. The van der Waals surface area contributed by atoms with Crippen LogP contribution in [0.25, 0.3) is 0 Å². The molecule has 194 valence electrons. The first-order valence-corrected chi connectivity index (χ1v) is 11.1. The lowest BCUT2D eigenvalue weighted by Gasteiger charge is -2.26. The van der Waals surface area contributed by atoms with E-state index in [1.54, 1.807) is 20.8 Å². The summed E-state index contributed by atoms with van der Waals surface area (Å²) in [5, 5.41) is 25.4. The Bertz CT molecular complexity index is 757. The number of nitrogens with one attached hydrogen (secondary N) is 3. The molecule has 4 amide bonds. The van der Waals surface area contributed by atoms with Crippen LogP contribution in [0.15, 0.2) is 0 Å². The van der Waals surface area contributed by atoms with Crippen LogP contribution in [0.4, 0.5) is 0 Å². The number of nitrogens with two attached hydrogens (primary N) is 2. The van der Waals surface area contributed by atoms with Gasteiger partial charge in [-0.15, -0.1) is 0 Å². The molecule has 13 heteroatoms. The molecular formula is C21H37N5O8. The van der Waals surface area contributed by atoms with E-state index in [-0.39, 0.29) is 31.1 Å². The molecule has 0 aliphatic rings. The van der Waals surface area contributed by atoms with Gasteiger partial charge in [-0.1, -0.05) is 34.1 Å². The molecule has 0 saturated heterocycles. The fourth-order valence-corrected chi connectivity index (χ4v) is 2.96. The fourth-order valence-electron chi connectivity index (χ4n) is 2.96. The molecule has 0 radical (unpaired) electrons. The molecule has 0 rings (SSSR count). The van der Waals surface area contributed by atoms with Crippen LogP contribution in [0.3, 0.4) is 0 Å². The number of rotatable bonds is 16. The zero-order valence-electron chi connectivity index (χ0n) is 20.0. The van der Waals surface area contributed by atoms with Crippen LogP contribution in [0, 0.1) is 11.8 Å². The molecule has 0 aliphatic heterocycles. The number of carbonyl (C=O) groups excluding carboxylic acids is 4. The third kappa shape index (κ3) is 11.6. The highest BCUT2D eigenvalue weighted by Crippen LogP contribution is 2.09. The van der Waals surface area contributed by atoms with Crippen molar-refractivity contribution in [1.29, 1.82) is 0 Å². The minimum absolute atomic E-state index is 0.0971. The second-order valence-corrected chi connectivity index (χ2v) is 8.67. The van der Waals surface area contributed by atoms with Gasteiger partial charge in [0.05, 0.1) is 12.5 Å². The van der Waals surface area contributed by atoms with E-state index in [4.69, 9.17) is 16.6 Å². The van der Waals surface area contributed by atoms with Gasteiger partial charge in [0.15, 0.2) is 0 Å². The number of primary amides is 1. The molecule has 0 heterocycles. The monoisotopic (exact) mass is 487 g/mol. The van der Waals surface area contributed by atoms with Gasteiger partial charge in [0.2, 0.25) is 23.6 Å². The van der Waals surface area contributed by atoms with E-state index in [1.807, 2.05) is 6.92 Å². The quantitative estimate of drug-likeness (QED) is 0.137. The van der Waals surface area contributed by atoms with Crippen molar-refractivity contribution in [2.24, 2.45) is 23.3 Å². The highest BCUT2D eigenvalue weighted by molar-refractivity contribution is 5.95. The Kier molecular flexibility index (Phi) is 13.4. The molecule has 0 saturated carbocycles. The third-order valence-electron chi connectivity index (χ3n) is 5.21. The van der Waals surface area contributed by atoms with Gasteiger partial charge in [-0.3, -0.25) is 24.0 Å². The maximum atomic E-state index is 12.8. The summed E-state index contributed by atoms with van der Waals surface area (Å²) in [7, 11) is 0. The van der Waals surface area contributed by atoms with Crippen LogP contribution >= 0.6 is 0 Å². The number of carboxylic acids is 2. The smallest absolute Gasteiger partial charge is 0.326 e. The van der Waals surface area contributed by atoms with Gasteiger partial charge in [-0.2, -0.15) is 0 Å². The number of amides is 4. The topological polar surface area (TPSA) is 231 Å². The molecule has 0 bridgehead atoms. The average molecular weight is 488 g/mol. The summed E-state index contributed by atoms with van der Waals surface area (Å²) in [4.78, 5) is 71.6. The molecule has 0 aromatic carbocycles. The molecule has 5 unspecified atom stereocenters. The standard InChI is InChI=1S/C21H37N5O8/c1-5-11(4)17(23)20(32)26-14(9-16(28)29)19(31)25-13(8-10(2)3)18(30)24-12(21(33)34)6-7-15(22)27/h10-14,17H,5-9,23H2,1-4H3,(H2,22,27)(H,24,30)(H,25,31)(H,26,32)(H,28,29)(H,33,34). The van der Waals surface area contributed by atoms with Gasteiger partial charge in [-0.25, -0.2) is 4.79 Å². The van der Waals surface area contributed by atoms with Crippen LogP contribution in [0.1, 0.15) is 59.8 Å². The van der Waals surface area contributed by atoms with Gasteiger partial charge < -0.3 is 37.6 Å². The van der Waals surface area contributed by atoms with Crippen LogP contribution in [-0.2, 0) is 28.8 Å². The SMILES string of the molecule is CCC(C)C(N)C(=O)NC(CC(=O)O)C(=O)NC(CC(C)C)C(=O)NC(CCC(N)=O)C(=O)O. The van der Waals surface area contributed by atoms with Crippen molar-refractivity contribution in [1.82, 2.24) is 16.0 Å². The number of hydrogen-bond acceptors (Lipinski definition) is 7. The molecule has 9 N–H and O–H groups in total. The lowest BCUT2D eigenvalue weighted by atomic mass is 9.98. The lowest BCUT2D eigenvalue weighted by Crippen LogP contribution is -2.58. The average Bonchev–Trinajstić information content (AvgIpc) is 2.73. The summed E-state index contributed by atoms with van der Waals surface area (Å²) < 4.78 is 0. The Labute approximate surface area is 198 Å². The predicted molar refractivity (Wildman–Crippen MR) is 121 cm³/mol. The van der Waals surface area contributed by atoms with Crippen molar-refractivity contribution in [2.45, 2.75) is 84.0 Å². The van der Waals surface area contributed by atoms with E-state index in [0.29, 0.717) is 6.42 Å². The summed E-state index contributed by atoms with van der Waals surface area (Å²) >= 11 is 0. The molecule has 0 fully saturated rings. The third-order valence-corrected chi connectivity index (χ3v) is 5.21. The molecule has 0 aromatic rings. The summed E-state index contributed by atoms with van der Waals surface area (Å²) in [5.74, 6) is -6.31. The van der Waals surface area contributed by atoms with Crippen molar-refractivity contribution >= 4 is 35.6 Å². The lowest BCUT2D eigenvalue weighted by molar-refractivity contribution is -0.143. The van der Waals surface area contributed by atoms with Crippen LogP contribution in [-0.4, -0.2) is 69.9 Å². The Morgan fingerprint density at radius 2 is 1.32 bits per heavy atom. The molecule has 0 spiro atoms. The van der Waals surface area contributed by atoms with E-state index in [1.165, 1.54) is 0 Å². The number of aliphatic carboxylic acids is 2. The largest absolute Gasteiger partial charge is 0.481 e. The molecule has 0 aliphatic carbocycles.